The first-order valence-electron chi connectivity index (χ1n) is 21.6. The summed E-state index contributed by atoms with van der Waals surface area (Å²) in [5.74, 6) is 0. The Balaban J connectivity index is 1.05. The lowest BCUT2D eigenvalue weighted by atomic mass is 9.81. The van der Waals surface area contributed by atoms with Crippen molar-refractivity contribution in [2.24, 2.45) is 0 Å². The normalized spacial score (nSPS) is 11.9. The summed E-state index contributed by atoms with van der Waals surface area (Å²) in [6.07, 6.45) is 0. The van der Waals surface area contributed by atoms with E-state index in [1.54, 1.807) is 0 Å². The SMILES string of the molecule is c1ccc(-c2c3c(c(-c4ccccc4)c4ccccc24)-c2c(-c4ccc(-c5c6ccccc6c(-c6ccc7ccccc7c6)c6ccccc56)cc4)ccc4cccc-3c24)cc1. The Morgan fingerprint density at radius 1 is 0.177 bits per heavy atom. The minimum atomic E-state index is 1.21. The van der Waals surface area contributed by atoms with Crippen LogP contribution in [0.2, 0.25) is 0 Å². The first-order chi connectivity index (χ1) is 30.8. The van der Waals surface area contributed by atoms with Crippen LogP contribution in [0.1, 0.15) is 0 Å². The molecule has 12 aromatic carbocycles. The fourth-order valence-electron chi connectivity index (χ4n) is 10.8. The molecule has 0 heteroatoms. The van der Waals surface area contributed by atoms with Gasteiger partial charge in [0.1, 0.15) is 0 Å². The van der Waals surface area contributed by atoms with Crippen molar-refractivity contribution in [1.29, 1.82) is 0 Å². The smallest absolute Gasteiger partial charge is 0.000117 e. The Labute approximate surface area is 360 Å². The van der Waals surface area contributed by atoms with E-state index in [1.165, 1.54) is 132 Å². The molecule has 0 N–H and O–H groups in total. The molecule has 0 atom stereocenters. The highest BCUT2D eigenvalue weighted by molar-refractivity contribution is 6.30. The van der Waals surface area contributed by atoms with E-state index < -0.39 is 0 Å². The van der Waals surface area contributed by atoms with Crippen LogP contribution in [-0.4, -0.2) is 0 Å². The predicted molar refractivity (Wildman–Crippen MR) is 266 cm³/mol. The fraction of sp³-hybridized carbons (Fsp3) is 0. The van der Waals surface area contributed by atoms with Gasteiger partial charge in [0, 0.05) is 0 Å². The minimum absolute atomic E-state index is 1.21. The van der Waals surface area contributed by atoms with Gasteiger partial charge in [0.15, 0.2) is 0 Å². The molecule has 0 aromatic heterocycles. The van der Waals surface area contributed by atoms with E-state index >= 15 is 0 Å². The third kappa shape index (κ3) is 5.14. The summed E-state index contributed by atoms with van der Waals surface area (Å²) in [5.41, 5.74) is 17.8. The average Bonchev–Trinajstić information content (AvgIpc) is 3.68. The monoisotopic (exact) mass is 782 g/mol. The fourth-order valence-corrected chi connectivity index (χ4v) is 10.8. The highest BCUT2D eigenvalue weighted by atomic mass is 14.3. The van der Waals surface area contributed by atoms with Gasteiger partial charge in [-0.1, -0.05) is 224 Å². The van der Waals surface area contributed by atoms with Gasteiger partial charge in [-0.25, -0.2) is 0 Å². The molecule has 0 spiro atoms. The second kappa shape index (κ2) is 13.7. The summed E-state index contributed by atoms with van der Waals surface area (Å²) in [7, 11) is 0. The zero-order valence-electron chi connectivity index (χ0n) is 33.9. The summed E-state index contributed by atoms with van der Waals surface area (Å²) in [6.45, 7) is 0. The Kier molecular flexibility index (Phi) is 7.71. The summed E-state index contributed by atoms with van der Waals surface area (Å²) in [6, 6.07) is 85.5. The largest absolute Gasteiger partial charge is 0.0622 e. The molecule has 13 rings (SSSR count). The molecule has 62 heavy (non-hydrogen) atoms. The van der Waals surface area contributed by atoms with Crippen molar-refractivity contribution >= 4 is 53.9 Å². The topological polar surface area (TPSA) is 0 Å². The number of hydrogen-bond donors (Lipinski definition) is 0. The lowest BCUT2D eigenvalue weighted by Crippen LogP contribution is -1.94. The van der Waals surface area contributed by atoms with E-state index in [0.29, 0.717) is 0 Å². The molecule has 0 nitrogen and oxygen atoms in total. The molecule has 0 saturated heterocycles. The second-order valence-corrected chi connectivity index (χ2v) is 16.6. The van der Waals surface area contributed by atoms with Crippen LogP contribution in [0.25, 0.3) is 132 Å². The van der Waals surface area contributed by atoms with Crippen LogP contribution >= 0.6 is 0 Å². The lowest BCUT2D eigenvalue weighted by molar-refractivity contribution is 1.61. The molecule has 0 heterocycles. The van der Waals surface area contributed by atoms with Crippen molar-refractivity contribution in [2.45, 2.75) is 0 Å². The van der Waals surface area contributed by atoms with Gasteiger partial charge < -0.3 is 0 Å². The third-order valence-corrected chi connectivity index (χ3v) is 13.4. The highest BCUT2D eigenvalue weighted by Gasteiger charge is 2.32. The van der Waals surface area contributed by atoms with Gasteiger partial charge >= 0.3 is 0 Å². The molecule has 0 bridgehead atoms. The minimum Gasteiger partial charge on any atom is -0.0622 e. The van der Waals surface area contributed by atoms with Gasteiger partial charge in [0.05, 0.1) is 0 Å². The first kappa shape index (κ1) is 34.8. The Morgan fingerprint density at radius 3 is 1.19 bits per heavy atom. The van der Waals surface area contributed by atoms with Gasteiger partial charge in [-0.05, 0) is 138 Å². The van der Waals surface area contributed by atoms with Gasteiger partial charge in [-0.2, -0.15) is 0 Å². The van der Waals surface area contributed by atoms with Crippen molar-refractivity contribution in [3.8, 4) is 77.9 Å². The number of rotatable bonds is 5. The van der Waals surface area contributed by atoms with Crippen LogP contribution in [0.15, 0.2) is 231 Å². The standard InChI is InChI=1S/C62H38/c1-3-17-41(18-4-1)57-52-27-13-14-28-53(52)58(42-19-5-2-6-20-42)62-60-47(37-36-43-22-15-29-54(59(43)60)61(57)62)40-31-33-44(34-32-40)55-48-23-9-11-25-50(48)56(51-26-12-10-24-49(51)55)46-35-30-39-16-7-8-21-45(39)38-46/h1-38H. The van der Waals surface area contributed by atoms with Crippen molar-refractivity contribution < 1.29 is 0 Å². The lowest BCUT2D eigenvalue weighted by Gasteiger charge is -2.21. The van der Waals surface area contributed by atoms with Crippen LogP contribution in [0, 0.1) is 0 Å². The maximum Gasteiger partial charge on any atom is -0.000117 e. The molecule has 1 aliphatic rings. The molecule has 0 unspecified atom stereocenters. The summed E-state index contributed by atoms with van der Waals surface area (Å²) in [5, 5.41) is 12.7. The van der Waals surface area contributed by atoms with Crippen molar-refractivity contribution in [3.63, 3.8) is 0 Å². The van der Waals surface area contributed by atoms with Crippen molar-refractivity contribution in [1.82, 2.24) is 0 Å². The molecule has 0 fully saturated rings. The van der Waals surface area contributed by atoms with E-state index in [4.69, 9.17) is 0 Å². The van der Waals surface area contributed by atoms with E-state index in [0.717, 1.165) is 0 Å². The Morgan fingerprint density at radius 2 is 0.597 bits per heavy atom. The molecule has 286 valence electrons. The van der Waals surface area contributed by atoms with Crippen LogP contribution in [0.4, 0.5) is 0 Å². The number of hydrogen-bond acceptors (Lipinski definition) is 0. The maximum absolute atomic E-state index is 2.36. The second-order valence-electron chi connectivity index (χ2n) is 16.6. The summed E-state index contributed by atoms with van der Waals surface area (Å²) in [4.78, 5) is 0. The molecule has 0 aliphatic heterocycles. The van der Waals surface area contributed by atoms with Crippen LogP contribution in [0.3, 0.4) is 0 Å². The molecular weight excluding hydrogens is 745 g/mol. The van der Waals surface area contributed by atoms with Gasteiger partial charge in [0.2, 0.25) is 0 Å². The number of benzene rings is 12. The molecular formula is C62H38. The van der Waals surface area contributed by atoms with Gasteiger partial charge in [0.25, 0.3) is 0 Å². The highest BCUT2D eigenvalue weighted by Crippen LogP contribution is 2.60. The number of fused-ring (bicyclic) bond motifs is 7. The van der Waals surface area contributed by atoms with Crippen LogP contribution in [0.5, 0.6) is 0 Å². The van der Waals surface area contributed by atoms with Crippen molar-refractivity contribution in [3.05, 3.63) is 231 Å². The molecule has 1 aliphatic carbocycles. The molecule has 0 radical (unpaired) electrons. The Bertz CT molecular complexity index is 3710. The van der Waals surface area contributed by atoms with Crippen molar-refractivity contribution in [2.75, 3.05) is 0 Å². The van der Waals surface area contributed by atoms with E-state index in [2.05, 4.69) is 231 Å². The first-order valence-corrected chi connectivity index (χ1v) is 21.6. The summed E-state index contributed by atoms with van der Waals surface area (Å²) < 4.78 is 0. The molecule has 0 saturated carbocycles. The van der Waals surface area contributed by atoms with E-state index in [1.807, 2.05) is 0 Å². The Hall–Kier alpha value is -8.06. The van der Waals surface area contributed by atoms with Crippen LogP contribution < -0.4 is 0 Å². The molecule has 0 amide bonds. The predicted octanol–water partition coefficient (Wildman–Crippen LogP) is 17.4. The van der Waals surface area contributed by atoms with Gasteiger partial charge in [-0.15, -0.1) is 0 Å². The van der Waals surface area contributed by atoms with E-state index in [9.17, 15) is 0 Å². The quantitative estimate of drug-likeness (QED) is 0.153. The summed E-state index contributed by atoms with van der Waals surface area (Å²) >= 11 is 0. The average molecular weight is 783 g/mol. The van der Waals surface area contributed by atoms with E-state index in [-0.39, 0.29) is 0 Å². The zero-order valence-corrected chi connectivity index (χ0v) is 33.9. The maximum atomic E-state index is 2.36. The third-order valence-electron chi connectivity index (χ3n) is 13.4. The van der Waals surface area contributed by atoms with Crippen LogP contribution in [-0.2, 0) is 0 Å². The zero-order chi connectivity index (χ0) is 40.7. The van der Waals surface area contributed by atoms with Gasteiger partial charge in [-0.3, -0.25) is 0 Å². The molecule has 12 aromatic rings.